The van der Waals surface area contributed by atoms with E-state index in [9.17, 15) is 0 Å². The highest BCUT2D eigenvalue weighted by atomic mass is 16.5. The summed E-state index contributed by atoms with van der Waals surface area (Å²) in [6.45, 7) is 5.07. The van der Waals surface area contributed by atoms with Gasteiger partial charge in [-0.05, 0) is 25.1 Å². The van der Waals surface area contributed by atoms with Crippen LogP contribution in [-0.4, -0.2) is 46.1 Å². The Bertz CT molecular complexity index is 1110. The Balaban J connectivity index is 1.56. The van der Waals surface area contributed by atoms with Gasteiger partial charge in [0.2, 0.25) is 0 Å². The van der Waals surface area contributed by atoms with Gasteiger partial charge in [0.15, 0.2) is 11.6 Å². The molecule has 0 saturated carbocycles. The fraction of sp³-hybridized carbons (Fsp3) is 0.227. The van der Waals surface area contributed by atoms with Crippen molar-refractivity contribution in [3.8, 4) is 28.5 Å². The lowest BCUT2D eigenvalue weighted by molar-refractivity contribution is 0.122. The van der Waals surface area contributed by atoms with Gasteiger partial charge in [0.25, 0.3) is 0 Å². The van der Waals surface area contributed by atoms with Crippen LogP contribution in [0.4, 0.5) is 5.82 Å². The average molecular weight is 387 g/mol. The van der Waals surface area contributed by atoms with Crippen LogP contribution in [0.5, 0.6) is 0 Å². The van der Waals surface area contributed by atoms with Crippen LogP contribution < -0.4 is 4.90 Å². The highest BCUT2D eigenvalue weighted by molar-refractivity contribution is 5.61. The molecule has 0 unspecified atom stereocenters. The van der Waals surface area contributed by atoms with Gasteiger partial charge in [0, 0.05) is 30.9 Å². The van der Waals surface area contributed by atoms with E-state index in [1.807, 2.05) is 30.5 Å². The first-order valence-electron chi connectivity index (χ1n) is 9.64. The second kappa shape index (κ2) is 7.52. The maximum atomic E-state index is 5.48. The lowest BCUT2D eigenvalue weighted by Gasteiger charge is -2.28. The number of anilines is 1. The number of hydrogen-bond donors (Lipinski definition) is 0. The van der Waals surface area contributed by atoms with Crippen LogP contribution in [0.1, 0.15) is 5.56 Å². The number of furan rings is 1. The third-order valence-corrected chi connectivity index (χ3v) is 4.95. The molecule has 3 aromatic heterocycles. The van der Waals surface area contributed by atoms with Crippen molar-refractivity contribution in [3.63, 3.8) is 0 Å². The molecule has 0 bridgehead atoms. The molecular formula is C22H21N5O2. The number of rotatable bonds is 4. The van der Waals surface area contributed by atoms with E-state index >= 15 is 0 Å². The van der Waals surface area contributed by atoms with Crippen molar-refractivity contribution in [1.82, 2.24) is 19.7 Å². The molecule has 0 atom stereocenters. The molecule has 0 N–H and O–H groups in total. The lowest BCUT2D eigenvalue weighted by Crippen LogP contribution is -2.37. The number of ether oxygens (including phenoxy) is 1. The summed E-state index contributed by atoms with van der Waals surface area (Å²) in [6.07, 6.45) is 5.22. The van der Waals surface area contributed by atoms with Crippen LogP contribution in [0.25, 0.3) is 28.5 Å². The first kappa shape index (κ1) is 17.6. The maximum absolute atomic E-state index is 5.48. The number of aryl methyl sites for hydroxylation is 1. The molecule has 0 spiro atoms. The van der Waals surface area contributed by atoms with E-state index in [4.69, 9.17) is 24.2 Å². The molecule has 1 fully saturated rings. The Hall–Kier alpha value is -3.45. The lowest BCUT2D eigenvalue weighted by atomic mass is 10.1. The Labute approximate surface area is 168 Å². The predicted octanol–water partition coefficient (Wildman–Crippen LogP) is 3.73. The van der Waals surface area contributed by atoms with Gasteiger partial charge in [0.05, 0.1) is 30.7 Å². The zero-order valence-electron chi connectivity index (χ0n) is 16.2. The summed E-state index contributed by atoms with van der Waals surface area (Å²) in [5.41, 5.74) is 4.04. The quantitative estimate of drug-likeness (QED) is 0.531. The third-order valence-electron chi connectivity index (χ3n) is 4.95. The Morgan fingerprint density at radius 2 is 1.79 bits per heavy atom. The summed E-state index contributed by atoms with van der Waals surface area (Å²) >= 11 is 0. The van der Waals surface area contributed by atoms with E-state index in [0.717, 1.165) is 41.5 Å². The molecule has 1 aromatic carbocycles. The van der Waals surface area contributed by atoms with Crippen LogP contribution >= 0.6 is 0 Å². The molecule has 4 aromatic rings. The molecule has 0 amide bonds. The zero-order chi connectivity index (χ0) is 19.6. The number of aromatic nitrogens is 4. The van der Waals surface area contributed by atoms with E-state index in [2.05, 4.69) is 30.0 Å². The molecular weight excluding hydrogens is 366 g/mol. The topological polar surface area (TPSA) is 69.2 Å². The first-order valence-corrected chi connectivity index (χ1v) is 9.64. The molecule has 4 heterocycles. The molecule has 146 valence electrons. The largest absolute Gasteiger partial charge is 0.472 e. The van der Waals surface area contributed by atoms with Gasteiger partial charge in [-0.15, -0.1) is 0 Å². The molecule has 29 heavy (non-hydrogen) atoms. The first-order chi connectivity index (χ1) is 14.3. The highest BCUT2D eigenvalue weighted by Crippen LogP contribution is 2.24. The van der Waals surface area contributed by atoms with Crippen molar-refractivity contribution in [2.24, 2.45) is 0 Å². The minimum Gasteiger partial charge on any atom is -0.472 e. The van der Waals surface area contributed by atoms with Gasteiger partial charge < -0.3 is 14.1 Å². The summed E-state index contributed by atoms with van der Waals surface area (Å²) < 4.78 is 12.5. The highest BCUT2D eigenvalue weighted by Gasteiger charge is 2.17. The van der Waals surface area contributed by atoms with Crippen LogP contribution in [-0.2, 0) is 4.74 Å². The zero-order valence-corrected chi connectivity index (χ0v) is 16.2. The van der Waals surface area contributed by atoms with Crippen molar-refractivity contribution in [2.75, 3.05) is 31.2 Å². The van der Waals surface area contributed by atoms with Gasteiger partial charge in [-0.2, -0.15) is 5.10 Å². The van der Waals surface area contributed by atoms with Crippen LogP contribution in [0.15, 0.2) is 65.6 Å². The standard InChI is InChI=1S/C22H21N5O2/c1-16-3-2-4-17(13-16)19-5-7-27(25-19)21-14-20(26-8-11-28-12-9-26)23-22(24-21)18-6-10-29-15-18/h2-7,10,13-15H,8-9,11-12H2,1H3. The average Bonchev–Trinajstić information content (AvgIpc) is 3.47. The minimum absolute atomic E-state index is 0.616. The van der Waals surface area contributed by atoms with Gasteiger partial charge >= 0.3 is 0 Å². The molecule has 7 heteroatoms. The van der Waals surface area contributed by atoms with Gasteiger partial charge in [-0.3, -0.25) is 0 Å². The fourth-order valence-electron chi connectivity index (χ4n) is 3.42. The summed E-state index contributed by atoms with van der Waals surface area (Å²) in [6, 6.07) is 14.2. The third kappa shape index (κ3) is 3.64. The second-order valence-electron chi connectivity index (χ2n) is 7.03. The van der Waals surface area contributed by atoms with Crippen molar-refractivity contribution in [1.29, 1.82) is 0 Å². The Morgan fingerprint density at radius 1 is 0.931 bits per heavy atom. The van der Waals surface area contributed by atoms with Gasteiger partial charge in [-0.25, -0.2) is 14.6 Å². The summed E-state index contributed by atoms with van der Waals surface area (Å²) in [7, 11) is 0. The predicted molar refractivity (Wildman–Crippen MR) is 110 cm³/mol. The molecule has 5 rings (SSSR count). The second-order valence-corrected chi connectivity index (χ2v) is 7.03. The monoisotopic (exact) mass is 387 g/mol. The van der Waals surface area contributed by atoms with Gasteiger partial charge in [-0.1, -0.05) is 23.8 Å². The number of hydrogen-bond acceptors (Lipinski definition) is 6. The van der Waals surface area contributed by atoms with Crippen LogP contribution in [0.3, 0.4) is 0 Å². The van der Waals surface area contributed by atoms with E-state index < -0.39 is 0 Å². The number of morpholine rings is 1. The molecule has 1 aliphatic heterocycles. The number of nitrogens with zero attached hydrogens (tertiary/aromatic N) is 5. The molecule has 1 aliphatic rings. The Morgan fingerprint density at radius 3 is 2.59 bits per heavy atom. The molecule has 0 aliphatic carbocycles. The normalized spacial score (nSPS) is 14.3. The SMILES string of the molecule is Cc1cccc(-c2ccn(-c3cc(N4CCOCC4)nc(-c4ccoc4)n3)n2)c1. The molecule has 1 saturated heterocycles. The van der Waals surface area contributed by atoms with E-state index in [0.29, 0.717) is 19.0 Å². The van der Waals surface area contributed by atoms with E-state index in [1.165, 1.54) is 5.56 Å². The van der Waals surface area contributed by atoms with Crippen LogP contribution in [0, 0.1) is 6.92 Å². The van der Waals surface area contributed by atoms with Gasteiger partial charge in [0.1, 0.15) is 12.1 Å². The Kier molecular flexibility index (Phi) is 4.57. The fourth-order valence-corrected chi connectivity index (χ4v) is 3.42. The summed E-state index contributed by atoms with van der Waals surface area (Å²) in [4.78, 5) is 11.7. The molecule has 0 radical (unpaired) electrons. The summed E-state index contributed by atoms with van der Waals surface area (Å²) in [5, 5.41) is 4.76. The van der Waals surface area contributed by atoms with Crippen molar-refractivity contribution in [2.45, 2.75) is 6.92 Å². The van der Waals surface area contributed by atoms with Crippen LogP contribution in [0.2, 0.25) is 0 Å². The van der Waals surface area contributed by atoms with Crippen molar-refractivity contribution < 1.29 is 9.15 Å². The van der Waals surface area contributed by atoms with Crippen molar-refractivity contribution in [3.05, 3.63) is 66.8 Å². The summed E-state index contributed by atoms with van der Waals surface area (Å²) in [5.74, 6) is 2.20. The van der Waals surface area contributed by atoms with Crippen molar-refractivity contribution >= 4 is 5.82 Å². The minimum atomic E-state index is 0.616. The van der Waals surface area contributed by atoms with E-state index in [1.54, 1.807) is 17.2 Å². The maximum Gasteiger partial charge on any atom is 0.167 e. The molecule has 7 nitrogen and oxygen atoms in total. The number of benzene rings is 1. The van der Waals surface area contributed by atoms with E-state index in [-0.39, 0.29) is 0 Å². The smallest absolute Gasteiger partial charge is 0.167 e.